The fraction of sp³-hybridized carbons (Fsp3) is 0.333. The Kier molecular flexibility index (Phi) is 6.14. The first-order valence-corrected chi connectivity index (χ1v) is 7.75. The summed E-state index contributed by atoms with van der Waals surface area (Å²) in [5.74, 6) is -0.0922. The maximum Gasteiger partial charge on any atom is 0.338 e. The van der Waals surface area contributed by atoms with E-state index in [9.17, 15) is 9.59 Å². The molecule has 1 heterocycles. The highest BCUT2D eigenvalue weighted by Gasteiger charge is 2.17. The summed E-state index contributed by atoms with van der Waals surface area (Å²) in [4.78, 5) is 24.6. The third-order valence-corrected chi connectivity index (χ3v) is 3.54. The Labute approximate surface area is 140 Å². The molecular formula is C18H21NO5. The molecule has 0 unspecified atom stereocenters. The van der Waals surface area contributed by atoms with Crippen LogP contribution >= 0.6 is 0 Å². The SMILES string of the molecule is CCCN(CC(=O)O)Cc1ccc(-c2ccccc2C(=O)OC)o1. The van der Waals surface area contributed by atoms with Crippen molar-refractivity contribution in [2.24, 2.45) is 0 Å². The van der Waals surface area contributed by atoms with Gasteiger partial charge >= 0.3 is 11.9 Å². The zero-order chi connectivity index (χ0) is 17.5. The van der Waals surface area contributed by atoms with Gasteiger partial charge in [0.05, 0.1) is 25.8 Å². The van der Waals surface area contributed by atoms with E-state index in [4.69, 9.17) is 14.3 Å². The summed E-state index contributed by atoms with van der Waals surface area (Å²) in [5, 5.41) is 8.97. The van der Waals surface area contributed by atoms with Crippen molar-refractivity contribution < 1.29 is 23.8 Å². The topological polar surface area (TPSA) is 80.0 Å². The molecule has 1 aromatic carbocycles. The molecule has 0 aliphatic heterocycles. The minimum absolute atomic E-state index is 0.0391. The highest BCUT2D eigenvalue weighted by atomic mass is 16.5. The number of carbonyl (C=O) groups excluding carboxylic acids is 1. The van der Waals surface area contributed by atoms with E-state index in [1.807, 2.05) is 13.0 Å². The van der Waals surface area contributed by atoms with Gasteiger partial charge in [-0.15, -0.1) is 0 Å². The fourth-order valence-electron chi connectivity index (χ4n) is 2.54. The van der Waals surface area contributed by atoms with Crippen LogP contribution in [0.25, 0.3) is 11.3 Å². The van der Waals surface area contributed by atoms with Gasteiger partial charge in [-0.2, -0.15) is 0 Å². The smallest absolute Gasteiger partial charge is 0.338 e. The van der Waals surface area contributed by atoms with E-state index in [0.717, 1.165) is 6.42 Å². The van der Waals surface area contributed by atoms with E-state index < -0.39 is 11.9 Å². The van der Waals surface area contributed by atoms with Crippen LogP contribution in [0, 0.1) is 0 Å². The Morgan fingerprint density at radius 2 is 1.96 bits per heavy atom. The molecule has 0 saturated heterocycles. The van der Waals surface area contributed by atoms with Crippen LogP contribution in [0.5, 0.6) is 0 Å². The van der Waals surface area contributed by atoms with E-state index in [0.29, 0.717) is 35.7 Å². The van der Waals surface area contributed by atoms with E-state index in [1.165, 1.54) is 7.11 Å². The minimum Gasteiger partial charge on any atom is -0.480 e. The van der Waals surface area contributed by atoms with E-state index in [1.54, 1.807) is 35.2 Å². The summed E-state index contributed by atoms with van der Waals surface area (Å²) in [6.45, 7) is 3.03. The number of carbonyl (C=O) groups is 2. The number of nitrogens with zero attached hydrogens (tertiary/aromatic N) is 1. The molecular weight excluding hydrogens is 310 g/mol. The predicted molar refractivity (Wildman–Crippen MR) is 88.7 cm³/mol. The first-order chi connectivity index (χ1) is 11.5. The van der Waals surface area contributed by atoms with Gasteiger partial charge in [0.15, 0.2) is 0 Å². The molecule has 2 aromatic rings. The second-order valence-corrected chi connectivity index (χ2v) is 5.41. The van der Waals surface area contributed by atoms with Crippen LogP contribution in [-0.2, 0) is 16.1 Å². The molecule has 1 N–H and O–H groups in total. The lowest BCUT2D eigenvalue weighted by molar-refractivity contribution is -0.138. The largest absolute Gasteiger partial charge is 0.480 e. The Hall–Kier alpha value is -2.60. The summed E-state index contributed by atoms with van der Waals surface area (Å²) in [6, 6.07) is 10.6. The lowest BCUT2D eigenvalue weighted by atomic mass is 10.1. The molecule has 2 rings (SSSR count). The lowest BCUT2D eigenvalue weighted by Crippen LogP contribution is -2.29. The fourth-order valence-corrected chi connectivity index (χ4v) is 2.54. The maximum absolute atomic E-state index is 11.9. The van der Waals surface area contributed by atoms with E-state index in [-0.39, 0.29) is 6.54 Å². The molecule has 0 amide bonds. The molecule has 1 aromatic heterocycles. The van der Waals surface area contributed by atoms with Crippen molar-refractivity contribution in [1.82, 2.24) is 4.90 Å². The molecule has 128 valence electrons. The average Bonchev–Trinajstić information content (AvgIpc) is 3.02. The number of benzene rings is 1. The third-order valence-electron chi connectivity index (χ3n) is 3.54. The summed E-state index contributed by atoms with van der Waals surface area (Å²) in [6.07, 6.45) is 0.853. The van der Waals surface area contributed by atoms with Crippen LogP contribution in [-0.4, -0.2) is 42.1 Å². The number of furan rings is 1. The van der Waals surface area contributed by atoms with Gasteiger partial charge in [0.1, 0.15) is 11.5 Å². The number of hydrogen-bond donors (Lipinski definition) is 1. The van der Waals surface area contributed by atoms with Gasteiger partial charge in [0, 0.05) is 5.56 Å². The molecule has 0 radical (unpaired) electrons. The second kappa shape index (κ2) is 8.31. The van der Waals surface area contributed by atoms with Crippen molar-refractivity contribution in [2.45, 2.75) is 19.9 Å². The van der Waals surface area contributed by atoms with Crippen LogP contribution in [0.1, 0.15) is 29.5 Å². The van der Waals surface area contributed by atoms with Crippen LogP contribution in [0.3, 0.4) is 0 Å². The molecule has 0 saturated carbocycles. The highest BCUT2D eigenvalue weighted by molar-refractivity contribution is 5.96. The summed E-state index contributed by atoms with van der Waals surface area (Å²) in [7, 11) is 1.33. The number of ether oxygens (including phenoxy) is 1. The van der Waals surface area contributed by atoms with Crippen molar-refractivity contribution in [3.63, 3.8) is 0 Å². The van der Waals surface area contributed by atoms with Gasteiger partial charge < -0.3 is 14.3 Å². The number of carboxylic acids is 1. The van der Waals surface area contributed by atoms with Crippen molar-refractivity contribution in [2.75, 3.05) is 20.2 Å². The van der Waals surface area contributed by atoms with Crippen LogP contribution in [0.15, 0.2) is 40.8 Å². The first-order valence-electron chi connectivity index (χ1n) is 7.75. The van der Waals surface area contributed by atoms with Crippen molar-refractivity contribution in [3.05, 3.63) is 47.7 Å². The van der Waals surface area contributed by atoms with Gasteiger partial charge in [-0.1, -0.05) is 25.1 Å². The Morgan fingerprint density at radius 1 is 1.21 bits per heavy atom. The average molecular weight is 331 g/mol. The molecule has 0 atom stereocenters. The molecule has 0 aliphatic carbocycles. The summed E-state index contributed by atoms with van der Waals surface area (Å²) in [5.41, 5.74) is 1.08. The quantitative estimate of drug-likeness (QED) is 0.749. The molecule has 6 heteroatoms. The van der Waals surface area contributed by atoms with E-state index >= 15 is 0 Å². The van der Waals surface area contributed by atoms with Gasteiger partial charge in [0.25, 0.3) is 0 Å². The van der Waals surface area contributed by atoms with Crippen molar-refractivity contribution >= 4 is 11.9 Å². The van der Waals surface area contributed by atoms with Crippen molar-refractivity contribution in [3.8, 4) is 11.3 Å². The molecule has 0 aliphatic rings. The molecule has 6 nitrogen and oxygen atoms in total. The third kappa shape index (κ3) is 4.45. The number of carboxylic acid groups (broad SMARTS) is 1. The second-order valence-electron chi connectivity index (χ2n) is 5.41. The predicted octanol–water partition coefficient (Wildman–Crippen LogP) is 3.03. The zero-order valence-electron chi connectivity index (χ0n) is 13.8. The number of esters is 1. The highest BCUT2D eigenvalue weighted by Crippen LogP contribution is 2.27. The minimum atomic E-state index is -0.869. The monoisotopic (exact) mass is 331 g/mol. The normalized spacial score (nSPS) is 10.8. The molecule has 24 heavy (non-hydrogen) atoms. The van der Waals surface area contributed by atoms with Gasteiger partial charge in [-0.25, -0.2) is 4.79 Å². The first kappa shape index (κ1) is 17.7. The van der Waals surface area contributed by atoms with Gasteiger partial charge in [-0.3, -0.25) is 9.69 Å². The maximum atomic E-state index is 11.9. The number of rotatable bonds is 8. The standard InChI is InChI=1S/C18H21NO5/c1-3-10-19(12-17(20)21)11-13-8-9-16(24-13)14-6-4-5-7-15(14)18(22)23-2/h4-9H,3,10-12H2,1-2H3,(H,20,21). The van der Waals surface area contributed by atoms with Crippen LogP contribution < -0.4 is 0 Å². The van der Waals surface area contributed by atoms with E-state index in [2.05, 4.69) is 0 Å². The summed E-state index contributed by atoms with van der Waals surface area (Å²) < 4.78 is 10.6. The van der Waals surface area contributed by atoms with Gasteiger partial charge in [0.2, 0.25) is 0 Å². The lowest BCUT2D eigenvalue weighted by Gasteiger charge is -2.17. The van der Waals surface area contributed by atoms with Gasteiger partial charge in [-0.05, 0) is 31.2 Å². The van der Waals surface area contributed by atoms with Crippen molar-refractivity contribution in [1.29, 1.82) is 0 Å². The van der Waals surface area contributed by atoms with Crippen LogP contribution in [0.2, 0.25) is 0 Å². The number of hydrogen-bond acceptors (Lipinski definition) is 5. The molecule has 0 bridgehead atoms. The summed E-state index contributed by atoms with van der Waals surface area (Å²) >= 11 is 0. The molecule has 0 spiro atoms. The van der Waals surface area contributed by atoms with Crippen LogP contribution in [0.4, 0.5) is 0 Å². The Balaban J connectivity index is 2.21. The number of methoxy groups -OCH3 is 1. The Bertz CT molecular complexity index is 707. The number of aliphatic carboxylic acids is 1. The molecule has 0 fully saturated rings. The zero-order valence-corrected chi connectivity index (χ0v) is 13.8. The Morgan fingerprint density at radius 3 is 2.62 bits per heavy atom.